The van der Waals surface area contributed by atoms with Gasteiger partial charge >= 0.3 is 0 Å². The number of hydrogen-bond acceptors (Lipinski definition) is 4. The molecule has 4 fully saturated rings. The van der Waals surface area contributed by atoms with Gasteiger partial charge in [0.1, 0.15) is 5.60 Å². The predicted molar refractivity (Wildman–Crippen MR) is 129 cm³/mol. The lowest BCUT2D eigenvalue weighted by molar-refractivity contribution is -0.140. The zero-order valence-corrected chi connectivity index (χ0v) is 19.7. The molecule has 0 radical (unpaired) electrons. The van der Waals surface area contributed by atoms with Gasteiger partial charge in [-0.3, -0.25) is 9.69 Å². The summed E-state index contributed by atoms with van der Waals surface area (Å²) in [7, 11) is 0. The van der Waals surface area contributed by atoms with Crippen molar-refractivity contribution in [1.29, 1.82) is 0 Å². The molecule has 1 amide bonds. The minimum Gasteiger partial charge on any atom is -0.395 e. The van der Waals surface area contributed by atoms with E-state index in [1.807, 2.05) is 12.1 Å². The summed E-state index contributed by atoms with van der Waals surface area (Å²) in [4.78, 5) is 17.8. The van der Waals surface area contributed by atoms with Crippen molar-refractivity contribution in [3.05, 3.63) is 35.4 Å². The molecule has 2 N–H and O–H groups in total. The van der Waals surface area contributed by atoms with Gasteiger partial charge < -0.3 is 15.1 Å². The van der Waals surface area contributed by atoms with Crippen LogP contribution in [0.4, 0.5) is 0 Å². The number of carbonyl (C=O) groups excluding carboxylic acids is 1. The fraction of sp³-hybridized carbons (Fsp3) is 0.679. The summed E-state index contributed by atoms with van der Waals surface area (Å²) in [5, 5.41) is 20.7. The third-order valence-corrected chi connectivity index (χ3v) is 8.55. The lowest BCUT2D eigenvalue weighted by atomic mass is 9.74. The van der Waals surface area contributed by atoms with Crippen LogP contribution in [0.15, 0.2) is 24.3 Å². The second kappa shape index (κ2) is 9.78. The van der Waals surface area contributed by atoms with Crippen molar-refractivity contribution in [2.24, 2.45) is 5.92 Å². The third-order valence-electron chi connectivity index (χ3n) is 8.55. The maximum Gasteiger partial charge on any atom is 0.225 e. The molecule has 2 saturated carbocycles. The number of nitrogens with zero attached hydrogens (tertiary/aromatic N) is 2. The molecule has 178 valence electrons. The fourth-order valence-electron chi connectivity index (χ4n) is 6.63. The van der Waals surface area contributed by atoms with Gasteiger partial charge in [0.2, 0.25) is 5.91 Å². The van der Waals surface area contributed by atoms with Gasteiger partial charge in [-0.2, -0.15) is 0 Å². The SMILES string of the molecule is O=C(C1CCCC1)N1CCCCN2[C@H](CO)[C@@H](c3ccc(C#CC4(O)CCCC4)cc3)[C@H]2C1. The van der Waals surface area contributed by atoms with E-state index in [1.165, 1.54) is 18.4 Å². The Bertz CT molecular complexity index is 890. The van der Waals surface area contributed by atoms with Crippen LogP contribution in [0, 0.1) is 17.8 Å². The summed E-state index contributed by atoms with van der Waals surface area (Å²) in [5.74, 6) is 7.07. The lowest BCUT2D eigenvalue weighted by Crippen LogP contribution is -2.68. The molecule has 5 rings (SSSR count). The van der Waals surface area contributed by atoms with Crippen molar-refractivity contribution in [2.45, 2.75) is 87.8 Å². The Hall–Kier alpha value is -1.87. The largest absolute Gasteiger partial charge is 0.395 e. The Morgan fingerprint density at radius 2 is 1.70 bits per heavy atom. The molecule has 3 atom stereocenters. The molecule has 2 aliphatic heterocycles. The number of rotatable bonds is 3. The van der Waals surface area contributed by atoms with Crippen LogP contribution in [0.3, 0.4) is 0 Å². The average molecular weight is 451 g/mol. The minimum atomic E-state index is -0.816. The highest BCUT2D eigenvalue weighted by atomic mass is 16.3. The molecule has 33 heavy (non-hydrogen) atoms. The summed E-state index contributed by atoms with van der Waals surface area (Å²) < 4.78 is 0. The van der Waals surface area contributed by atoms with Gasteiger partial charge in [-0.1, -0.05) is 36.8 Å². The number of aliphatic hydroxyl groups excluding tert-OH is 1. The van der Waals surface area contributed by atoms with E-state index >= 15 is 0 Å². The lowest BCUT2D eigenvalue weighted by Gasteiger charge is -2.57. The van der Waals surface area contributed by atoms with Gasteiger partial charge in [0.25, 0.3) is 0 Å². The van der Waals surface area contributed by atoms with E-state index < -0.39 is 5.60 Å². The monoisotopic (exact) mass is 450 g/mol. The van der Waals surface area contributed by atoms with Crippen LogP contribution in [0.1, 0.15) is 81.3 Å². The van der Waals surface area contributed by atoms with Crippen molar-refractivity contribution in [3.8, 4) is 11.8 Å². The molecule has 1 aromatic rings. The second-order valence-corrected chi connectivity index (χ2v) is 10.7. The maximum atomic E-state index is 13.2. The van der Waals surface area contributed by atoms with E-state index in [0.29, 0.717) is 5.91 Å². The molecular weight excluding hydrogens is 412 g/mol. The van der Waals surface area contributed by atoms with Gasteiger partial charge in [-0.15, -0.1) is 0 Å². The van der Waals surface area contributed by atoms with Crippen molar-refractivity contribution in [1.82, 2.24) is 9.80 Å². The highest BCUT2D eigenvalue weighted by Gasteiger charge is 2.49. The van der Waals surface area contributed by atoms with Gasteiger partial charge in [-0.25, -0.2) is 0 Å². The Morgan fingerprint density at radius 1 is 1.00 bits per heavy atom. The van der Waals surface area contributed by atoms with E-state index in [4.69, 9.17) is 0 Å². The molecule has 5 heteroatoms. The highest BCUT2D eigenvalue weighted by Crippen LogP contribution is 2.42. The van der Waals surface area contributed by atoms with Crippen LogP contribution in [-0.2, 0) is 4.79 Å². The number of benzene rings is 1. The molecule has 2 saturated heterocycles. The Labute approximate surface area is 198 Å². The van der Waals surface area contributed by atoms with Gasteiger partial charge in [-0.05, 0) is 75.6 Å². The quantitative estimate of drug-likeness (QED) is 0.694. The van der Waals surface area contributed by atoms with E-state index in [1.54, 1.807) is 0 Å². The van der Waals surface area contributed by atoms with Gasteiger partial charge in [0, 0.05) is 42.6 Å². The van der Waals surface area contributed by atoms with Crippen LogP contribution >= 0.6 is 0 Å². The second-order valence-electron chi connectivity index (χ2n) is 10.7. The zero-order valence-electron chi connectivity index (χ0n) is 19.7. The standard InChI is InChI=1S/C28H38N2O3/c31-20-25-26(22-11-9-21(10-12-22)13-16-28(33)14-3-4-15-28)24-19-29(17-5-6-18-30(24)25)27(32)23-7-1-2-8-23/h9-12,23-26,31,33H,1-8,14-15,17-20H2/t24-,25-,26+/m1/s1. The summed E-state index contributed by atoms with van der Waals surface area (Å²) in [6.45, 7) is 2.78. The van der Waals surface area contributed by atoms with Gasteiger partial charge in [0.15, 0.2) is 0 Å². The normalized spacial score (nSPS) is 30.0. The van der Waals surface area contributed by atoms with Crippen LogP contribution in [0.2, 0.25) is 0 Å². The summed E-state index contributed by atoms with van der Waals surface area (Å²) >= 11 is 0. The number of carbonyl (C=O) groups is 1. The molecule has 0 aromatic heterocycles. The molecule has 2 aliphatic carbocycles. The Morgan fingerprint density at radius 3 is 2.39 bits per heavy atom. The Balaban J connectivity index is 1.32. The first-order valence-electron chi connectivity index (χ1n) is 13.1. The van der Waals surface area contributed by atoms with Crippen molar-refractivity contribution >= 4 is 5.91 Å². The first kappa shape index (κ1) is 22.9. The molecule has 4 aliphatic rings. The number of amides is 1. The number of aliphatic hydroxyl groups is 2. The zero-order chi connectivity index (χ0) is 22.8. The summed E-state index contributed by atoms with van der Waals surface area (Å²) in [5.41, 5.74) is 1.32. The van der Waals surface area contributed by atoms with E-state index in [0.717, 1.165) is 76.6 Å². The van der Waals surface area contributed by atoms with Gasteiger partial charge in [0.05, 0.1) is 6.61 Å². The number of hydrogen-bond donors (Lipinski definition) is 2. The van der Waals surface area contributed by atoms with Crippen LogP contribution in [0.25, 0.3) is 0 Å². The minimum absolute atomic E-state index is 0.118. The Kier molecular flexibility index (Phi) is 6.79. The van der Waals surface area contributed by atoms with E-state index in [2.05, 4.69) is 33.8 Å². The average Bonchev–Trinajstić information content (AvgIpc) is 3.50. The third kappa shape index (κ3) is 4.71. The predicted octanol–water partition coefficient (Wildman–Crippen LogP) is 3.28. The smallest absolute Gasteiger partial charge is 0.225 e. The topological polar surface area (TPSA) is 64.0 Å². The van der Waals surface area contributed by atoms with Crippen molar-refractivity contribution in [3.63, 3.8) is 0 Å². The first-order chi connectivity index (χ1) is 16.1. The first-order valence-corrected chi connectivity index (χ1v) is 13.1. The molecule has 0 unspecified atom stereocenters. The van der Waals surface area contributed by atoms with Crippen molar-refractivity contribution < 1.29 is 15.0 Å². The van der Waals surface area contributed by atoms with Crippen LogP contribution in [-0.4, -0.2) is 69.8 Å². The molecule has 0 bridgehead atoms. The van der Waals surface area contributed by atoms with Crippen molar-refractivity contribution in [2.75, 3.05) is 26.2 Å². The molecule has 2 heterocycles. The fourth-order valence-corrected chi connectivity index (χ4v) is 6.63. The maximum absolute atomic E-state index is 13.2. The molecule has 0 spiro atoms. The molecular formula is C28H38N2O3. The summed E-state index contributed by atoms with van der Waals surface area (Å²) in [6, 6.07) is 8.74. The highest BCUT2D eigenvalue weighted by molar-refractivity contribution is 5.79. The van der Waals surface area contributed by atoms with E-state index in [-0.39, 0.29) is 30.5 Å². The van der Waals surface area contributed by atoms with Crippen LogP contribution < -0.4 is 0 Å². The summed E-state index contributed by atoms with van der Waals surface area (Å²) in [6.07, 6.45) is 10.2. The van der Waals surface area contributed by atoms with E-state index in [9.17, 15) is 15.0 Å². The van der Waals surface area contributed by atoms with Crippen LogP contribution in [0.5, 0.6) is 0 Å². The number of fused-ring (bicyclic) bond motifs is 1. The molecule has 5 nitrogen and oxygen atoms in total. The molecule has 1 aromatic carbocycles.